The molecule has 7 heteroatoms. The van der Waals surface area contributed by atoms with Crippen LogP contribution in [0.3, 0.4) is 0 Å². The van der Waals surface area contributed by atoms with Gasteiger partial charge in [-0.05, 0) is 18.1 Å². The van der Waals surface area contributed by atoms with Gasteiger partial charge in [0.05, 0.1) is 19.8 Å². The first-order chi connectivity index (χ1) is 14.7. The van der Waals surface area contributed by atoms with Gasteiger partial charge in [0.25, 0.3) is 0 Å². The van der Waals surface area contributed by atoms with E-state index < -0.39 is 42.8 Å². The normalized spacial score (nSPS) is 28.8. The molecule has 0 spiro atoms. The van der Waals surface area contributed by atoms with Crippen molar-refractivity contribution in [3.05, 3.63) is 71.8 Å². The molecule has 0 unspecified atom stereocenters. The molecule has 4 rings (SSSR count). The predicted molar refractivity (Wildman–Crippen MR) is 106 cm³/mol. The van der Waals surface area contributed by atoms with Crippen molar-refractivity contribution in [3.8, 4) is 0 Å². The topological polar surface area (TPSA) is 83.5 Å². The van der Waals surface area contributed by atoms with Crippen molar-refractivity contribution in [2.75, 3.05) is 13.2 Å². The third-order valence-electron chi connectivity index (χ3n) is 5.22. The van der Waals surface area contributed by atoms with Gasteiger partial charge >= 0.3 is 5.97 Å². The summed E-state index contributed by atoms with van der Waals surface area (Å²) >= 11 is 0. The van der Waals surface area contributed by atoms with E-state index in [2.05, 4.69) is 0 Å². The lowest BCUT2D eigenvalue weighted by Crippen LogP contribution is -2.56. The fraction of sp³-hybridized carbons (Fsp3) is 0.435. The summed E-state index contributed by atoms with van der Waals surface area (Å²) in [6, 6.07) is 18.7. The zero-order valence-corrected chi connectivity index (χ0v) is 16.8. The van der Waals surface area contributed by atoms with E-state index in [0.717, 1.165) is 5.56 Å². The maximum Gasteiger partial charge on any atom is 0.339 e. The summed E-state index contributed by atoms with van der Waals surface area (Å²) in [7, 11) is 0. The second-order valence-corrected chi connectivity index (χ2v) is 7.27. The minimum atomic E-state index is -1.03. The van der Waals surface area contributed by atoms with Crippen molar-refractivity contribution in [1.29, 1.82) is 0 Å². The third-order valence-corrected chi connectivity index (χ3v) is 5.22. The Morgan fingerprint density at radius 1 is 1.10 bits per heavy atom. The summed E-state index contributed by atoms with van der Waals surface area (Å²) in [5.41, 5.74) is 1.61. The summed E-state index contributed by atoms with van der Waals surface area (Å²) in [5, 5.41) is 11.0. The number of hydrogen-bond donors (Lipinski definition) is 1. The molecule has 160 valence electrons. The highest BCUT2D eigenvalue weighted by molar-refractivity contribution is 5.76. The van der Waals surface area contributed by atoms with Crippen molar-refractivity contribution in [2.24, 2.45) is 0 Å². The van der Waals surface area contributed by atoms with Gasteiger partial charge in [0, 0.05) is 0 Å². The number of aliphatic hydroxyl groups is 1. The van der Waals surface area contributed by atoms with E-state index in [4.69, 9.17) is 23.7 Å². The van der Waals surface area contributed by atoms with Crippen LogP contribution in [0.15, 0.2) is 60.7 Å². The molecule has 2 heterocycles. The minimum Gasteiger partial charge on any atom is -0.464 e. The largest absolute Gasteiger partial charge is 0.464 e. The van der Waals surface area contributed by atoms with Crippen LogP contribution < -0.4 is 0 Å². The summed E-state index contributed by atoms with van der Waals surface area (Å²) in [6.07, 6.45) is -4.76. The van der Waals surface area contributed by atoms with Gasteiger partial charge in [0.2, 0.25) is 0 Å². The number of ether oxygens (including phenoxy) is 5. The zero-order chi connectivity index (χ0) is 20.9. The Balaban J connectivity index is 1.50. The molecule has 1 N–H and O–H groups in total. The zero-order valence-electron chi connectivity index (χ0n) is 16.8. The van der Waals surface area contributed by atoms with Crippen LogP contribution in [0.1, 0.15) is 24.2 Å². The molecule has 0 radical (unpaired) electrons. The molecular weight excluding hydrogens is 388 g/mol. The van der Waals surface area contributed by atoms with Gasteiger partial charge in [0.15, 0.2) is 12.4 Å². The Hall–Kier alpha value is -2.29. The van der Waals surface area contributed by atoms with Gasteiger partial charge in [-0.1, -0.05) is 60.7 Å². The summed E-state index contributed by atoms with van der Waals surface area (Å²) in [6.45, 7) is 2.56. The van der Waals surface area contributed by atoms with Gasteiger partial charge in [-0.2, -0.15) is 0 Å². The highest BCUT2D eigenvalue weighted by atomic mass is 16.8. The van der Waals surface area contributed by atoms with Crippen molar-refractivity contribution in [3.63, 3.8) is 0 Å². The molecule has 2 aliphatic heterocycles. The highest BCUT2D eigenvalue weighted by Crippen LogP contribution is 2.35. The smallest absolute Gasteiger partial charge is 0.339 e. The lowest BCUT2D eigenvalue weighted by Gasteiger charge is -2.39. The van der Waals surface area contributed by atoms with E-state index in [1.54, 1.807) is 19.1 Å². The van der Waals surface area contributed by atoms with Crippen LogP contribution in [0.5, 0.6) is 0 Å². The number of carbonyl (C=O) groups is 1. The Bertz CT molecular complexity index is 813. The van der Waals surface area contributed by atoms with E-state index in [0.29, 0.717) is 12.2 Å². The van der Waals surface area contributed by atoms with Crippen molar-refractivity contribution in [2.45, 2.75) is 50.3 Å². The van der Waals surface area contributed by atoms with Gasteiger partial charge in [0.1, 0.15) is 24.4 Å². The van der Waals surface area contributed by atoms with E-state index in [-0.39, 0.29) is 13.2 Å². The Labute approximate surface area is 175 Å². The SMILES string of the molecule is CCOC(=O)[C@H](O[C@H]1[C@@H]2OC[C@@H](O2)[C@H](OCc2ccccc2)[C@@H]1O)c1ccccc1. The number of fused-ring (bicyclic) bond motifs is 2. The average molecular weight is 414 g/mol. The lowest BCUT2D eigenvalue weighted by molar-refractivity contribution is -0.264. The number of aliphatic hydroxyl groups excluding tert-OH is 1. The van der Waals surface area contributed by atoms with Crippen LogP contribution in [-0.2, 0) is 35.1 Å². The van der Waals surface area contributed by atoms with Crippen molar-refractivity contribution in [1.82, 2.24) is 0 Å². The number of esters is 1. The molecule has 2 aromatic rings. The van der Waals surface area contributed by atoms with Crippen molar-refractivity contribution < 1.29 is 33.6 Å². The first-order valence-corrected chi connectivity index (χ1v) is 10.1. The molecule has 2 fully saturated rings. The number of hydrogen-bond acceptors (Lipinski definition) is 7. The van der Waals surface area contributed by atoms with Crippen molar-refractivity contribution >= 4 is 5.97 Å². The molecule has 7 nitrogen and oxygen atoms in total. The Morgan fingerprint density at radius 3 is 2.50 bits per heavy atom. The Kier molecular flexibility index (Phi) is 6.76. The van der Waals surface area contributed by atoms with Crippen LogP contribution in [0.4, 0.5) is 0 Å². The predicted octanol–water partition coefficient (Wildman–Crippen LogP) is 2.38. The lowest BCUT2D eigenvalue weighted by atomic mass is 9.99. The van der Waals surface area contributed by atoms with E-state index >= 15 is 0 Å². The molecular formula is C23H26O7. The molecule has 0 saturated carbocycles. The molecule has 30 heavy (non-hydrogen) atoms. The maximum atomic E-state index is 12.6. The van der Waals surface area contributed by atoms with E-state index in [1.807, 2.05) is 48.5 Å². The second-order valence-electron chi connectivity index (χ2n) is 7.27. The summed E-state index contributed by atoms with van der Waals surface area (Å²) in [5.74, 6) is -0.530. The summed E-state index contributed by atoms with van der Waals surface area (Å²) in [4.78, 5) is 12.6. The Morgan fingerprint density at radius 2 is 1.80 bits per heavy atom. The van der Waals surface area contributed by atoms with Gasteiger partial charge in [-0.25, -0.2) is 4.79 Å². The molecule has 2 bridgehead atoms. The first-order valence-electron chi connectivity index (χ1n) is 10.1. The van der Waals surface area contributed by atoms with Crippen LogP contribution in [0.2, 0.25) is 0 Å². The molecule has 6 atom stereocenters. The molecule has 0 aliphatic carbocycles. The van der Waals surface area contributed by atoms with E-state index in [1.165, 1.54) is 0 Å². The van der Waals surface area contributed by atoms with Gasteiger partial charge < -0.3 is 28.8 Å². The van der Waals surface area contributed by atoms with Crippen LogP contribution in [0.25, 0.3) is 0 Å². The monoisotopic (exact) mass is 414 g/mol. The first kappa shape index (κ1) is 21.0. The minimum absolute atomic E-state index is 0.222. The summed E-state index contributed by atoms with van der Waals surface area (Å²) < 4.78 is 28.8. The van der Waals surface area contributed by atoms with Crippen LogP contribution in [-0.4, -0.2) is 55.0 Å². The highest BCUT2D eigenvalue weighted by Gasteiger charge is 2.52. The fourth-order valence-corrected chi connectivity index (χ4v) is 3.74. The molecule has 2 aliphatic rings. The standard InChI is InChI=1S/C23H26O7/c1-2-26-22(25)19(16-11-7-4-8-12-16)30-21-18(24)20(17-14-28-23(21)29-17)27-13-15-9-5-3-6-10-15/h3-12,17-21,23-24H,2,13-14H2,1H3/t17-,18+,19-,20+,21-,23-/m1/s1. The fourth-order valence-electron chi connectivity index (χ4n) is 3.74. The average Bonchev–Trinajstić information content (AvgIpc) is 3.21. The van der Waals surface area contributed by atoms with E-state index in [9.17, 15) is 9.90 Å². The van der Waals surface area contributed by atoms with Crippen LogP contribution >= 0.6 is 0 Å². The van der Waals surface area contributed by atoms with Gasteiger partial charge in [-0.15, -0.1) is 0 Å². The maximum absolute atomic E-state index is 12.6. The molecule has 2 aromatic carbocycles. The number of rotatable bonds is 8. The van der Waals surface area contributed by atoms with Gasteiger partial charge in [-0.3, -0.25) is 0 Å². The molecule has 0 aromatic heterocycles. The second kappa shape index (κ2) is 9.68. The quantitative estimate of drug-likeness (QED) is 0.664. The molecule has 2 saturated heterocycles. The third kappa shape index (κ3) is 4.55. The number of carbonyl (C=O) groups excluding carboxylic acids is 1. The van der Waals surface area contributed by atoms with Crippen LogP contribution in [0, 0.1) is 0 Å². The number of benzene rings is 2. The molecule has 0 amide bonds.